The van der Waals surface area contributed by atoms with Crippen LogP contribution in [0, 0.1) is 5.82 Å². The molecule has 0 aliphatic carbocycles. The third kappa shape index (κ3) is 4.35. The topological polar surface area (TPSA) is 106 Å². The lowest BCUT2D eigenvalue weighted by atomic mass is 10.1. The molecule has 0 fully saturated rings. The van der Waals surface area contributed by atoms with Crippen molar-refractivity contribution in [3.63, 3.8) is 0 Å². The Bertz CT molecular complexity index is 1070. The maximum atomic E-state index is 13.5. The van der Waals surface area contributed by atoms with Crippen LogP contribution in [0.15, 0.2) is 40.6 Å². The Morgan fingerprint density at radius 1 is 1.03 bits per heavy atom. The van der Waals surface area contributed by atoms with Crippen molar-refractivity contribution in [1.82, 2.24) is 4.98 Å². The van der Waals surface area contributed by atoms with Crippen molar-refractivity contribution in [2.45, 2.75) is 20.8 Å². The number of fused-ring (bicyclic) bond motifs is 1. The molecule has 0 radical (unpaired) electrons. The first kappa shape index (κ1) is 21.1. The molecule has 9 heteroatoms. The van der Waals surface area contributed by atoms with E-state index in [-0.39, 0.29) is 17.1 Å². The van der Waals surface area contributed by atoms with Gasteiger partial charge in [-0.1, -0.05) is 0 Å². The molecule has 30 heavy (non-hydrogen) atoms. The monoisotopic (exact) mass is 415 g/mol. The molecule has 0 spiro atoms. The number of ether oxygens (including phenoxy) is 3. The highest BCUT2D eigenvalue weighted by atomic mass is 19.1. The number of benzene rings is 2. The Kier molecular flexibility index (Phi) is 6.51. The van der Waals surface area contributed by atoms with Gasteiger partial charge in [0.1, 0.15) is 5.82 Å². The minimum Gasteiger partial charge on any atom is -0.493 e. The number of azo groups is 1. The van der Waals surface area contributed by atoms with Crippen molar-refractivity contribution < 1.29 is 28.5 Å². The summed E-state index contributed by atoms with van der Waals surface area (Å²) >= 11 is 0. The number of aromatic hydroxyl groups is 1. The maximum Gasteiger partial charge on any atom is 0.295 e. The molecule has 1 aromatic heterocycles. The van der Waals surface area contributed by atoms with Gasteiger partial charge in [0.05, 0.1) is 30.9 Å². The van der Waals surface area contributed by atoms with E-state index in [1.165, 1.54) is 30.3 Å². The van der Waals surface area contributed by atoms with Crippen LogP contribution in [0.5, 0.6) is 23.1 Å². The van der Waals surface area contributed by atoms with Crippen LogP contribution < -0.4 is 14.2 Å². The van der Waals surface area contributed by atoms with Crippen LogP contribution in [-0.4, -0.2) is 35.8 Å². The smallest absolute Gasteiger partial charge is 0.295 e. The first-order chi connectivity index (χ1) is 14.5. The molecule has 3 rings (SSSR count). The van der Waals surface area contributed by atoms with Gasteiger partial charge in [-0.05, 0) is 51.1 Å². The number of nitrogens with one attached hydrogen (secondary N) is 1. The summed E-state index contributed by atoms with van der Waals surface area (Å²) in [6.07, 6.45) is 0. The number of rotatable bonds is 8. The molecule has 8 nitrogen and oxygen atoms in total. The predicted molar refractivity (Wildman–Crippen MR) is 109 cm³/mol. The summed E-state index contributed by atoms with van der Waals surface area (Å²) in [6.45, 7) is 6.56. The second-order valence-corrected chi connectivity index (χ2v) is 6.12. The highest BCUT2D eigenvalue weighted by Crippen LogP contribution is 2.40. The summed E-state index contributed by atoms with van der Waals surface area (Å²) in [7, 11) is 0. The maximum absolute atomic E-state index is 13.5. The van der Waals surface area contributed by atoms with E-state index in [4.69, 9.17) is 14.2 Å². The lowest BCUT2D eigenvalue weighted by molar-refractivity contribution is 0.0994. The highest BCUT2D eigenvalue weighted by molar-refractivity contribution is 5.97. The molecule has 158 valence electrons. The molecular weight excluding hydrogens is 393 g/mol. The molecule has 0 atom stereocenters. The zero-order valence-electron chi connectivity index (χ0n) is 16.9. The fourth-order valence-corrected chi connectivity index (χ4v) is 2.90. The van der Waals surface area contributed by atoms with E-state index in [0.717, 1.165) is 0 Å². The zero-order valence-corrected chi connectivity index (χ0v) is 16.9. The van der Waals surface area contributed by atoms with Gasteiger partial charge in [0.15, 0.2) is 17.2 Å². The minimum absolute atomic E-state index is 0.0288. The summed E-state index contributed by atoms with van der Waals surface area (Å²) in [5, 5.41) is 17.9. The highest BCUT2D eigenvalue weighted by Gasteiger charge is 2.19. The quantitative estimate of drug-likeness (QED) is 0.496. The van der Waals surface area contributed by atoms with Gasteiger partial charge in [0.25, 0.3) is 5.91 Å². The van der Waals surface area contributed by atoms with Gasteiger partial charge in [-0.3, -0.25) is 4.79 Å². The van der Waals surface area contributed by atoms with E-state index in [1.54, 1.807) is 0 Å². The third-order valence-corrected chi connectivity index (χ3v) is 4.11. The van der Waals surface area contributed by atoms with Crippen molar-refractivity contribution in [3.8, 4) is 23.1 Å². The lowest BCUT2D eigenvalue weighted by Gasteiger charge is -2.16. The average Bonchev–Trinajstić information content (AvgIpc) is 3.03. The number of H-pyrrole nitrogens is 1. The van der Waals surface area contributed by atoms with Gasteiger partial charge in [-0.2, -0.15) is 0 Å². The average molecular weight is 415 g/mol. The molecule has 1 amide bonds. The largest absolute Gasteiger partial charge is 0.493 e. The first-order valence-corrected chi connectivity index (χ1v) is 9.51. The van der Waals surface area contributed by atoms with Crippen molar-refractivity contribution in [3.05, 3.63) is 41.7 Å². The molecule has 0 bridgehead atoms. The van der Waals surface area contributed by atoms with E-state index in [0.29, 0.717) is 48.0 Å². The number of amides is 1. The lowest BCUT2D eigenvalue weighted by Crippen LogP contribution is -2.05. The number of hydrogen-bond acceptors (Lipinski definition) is 6. The van der Waals surface area contributed by atoms with Crippen molar-refractivity contribution in [2.24, 2.45) is 10.2 Å². The standard InChI is InChI=1S/C21H22FN3O5/c1-4-28-16-9-12(10-17(29-5-2)19(16)30-6-3)20(26)25-24-18-14-11-13(22)7-8-15(14)23-21(18)27/h7-11,23,27H,4-6H2,1-3H3. The second kappa shape index (κ2) is 9.25. The van der Waals surface area contributed by atoms with Gasteiger partial charge in [-0.25, -0.2) is 4.39 Å². The van der Waals surface area contributed by atoms with Crippen molar-refractivity contribution in [1.29, 1.82) is 0 Å². The van der Waals surface area contributed by atoms with Gasteiger partial charge >= 0.3 is 0 Å². The van der Waals surface area contributed by atoms with Gasteiger partial charge in [0.2, 0.25) is 11.6 Å². The predicted octanol–water partition coefficient (Wildman–Crippen LogP) is 5.13. The molecule has 0 unspecified atom stereocenters. The third-order valence-electron chi connectivity index (χ3n) is 4.11. The summed E-state index contributed by atoms with van der Waals surface area (Å²) in [5.41, 5.74) is 0.604. The molecule has 1 heterocycles. The van der Waals surface area contributed by atoms with Crippen LogP contribution >= 0.6 is 0 Å². The van der Waals surface area contributed by atoms with Crippen LogP contribution in [0.25, 0.3) is 10.9 Å². The van der Waals surface area contributed by atoms with Crippen molar-refractivity contribution >= 4 is 22.5 Å². The van der Waals surface area contributed by atoms with E-state index < -0.39 is 11.7 Å². The van der Waals surface area contributed by atoms with Crippen LogP contribution in [0.1, 0.15) is 31.1 Å². The minimum atomic E-state index is -0.690. The van der Waals surface area contributed by atoms with Gasteiger partial charge in [-0.15, -0.1) is 10.2 Å². The van der Waals surface area contributed by atoms with E-state index in [2.05, 4.69) is 15.2 Å². The second-order valence-electron chi connectivity index (χ2n) is 6.12. The zero-order chi connectivity index (χ0) is 21.7. The molecule has 0 aliphatic rings. The number of aromatic amines is 1. The number of aromatic nitrogens is 1. The van der Waals surface area contributed by atoms with Crippen LogP contribution in [0.2, 0.25) is 0 Å². The molecule has 0 saturated heterocycles. The van der Waals surface area contributed by atoms with E-state index >= 15 is 0 Å². The molecular formula is C21H22FN3O5. The molecule has 2 N–H and O–H groups in total. The number of nitrogens with zero attached hydrogens (tertiary/aromatic N) is 2. The number of carbonyl (C=O) groups excluding carboxylic acids is 1. The Balaban J connectivity index is 1.98. The SMILES string of the molecule is CCOc1cc(C(=O)N=Nc2c(O)[nH]c3ccc(F)cc23)cc(OCC)c1OCC. The van der Waals surface area contributed by atoms with E-state index in [9.17, 15) is 14.3 Å². The Labute approximate surface area is 172 Å². The Morgan fingerprint density at radius 3 is 2.27 bits per heavy atom. The molecule has 0 saturated carbocycles. The summed E-state index contributed by atoms with van der Waals surface area (Å²) in [4.78, 5) is 15.3. The Morgan fingerprint density at radius 2 is 1.67 bits per heavy atom. The normalized spacial score (nSPS) is 11.2. The summed E-state index contributed by atoms with van der Waals surface area (Å²) in [5.74, 6) is -0.409. The first-order valence-electron chi connectivity index (χ1n) is 9.51. The number of carbonyl (C=O) groups is 1. The number of halogens is 1. The number of hydrogen-bond donors (Lipinski definition) is 2. The Hall–Kier alpha value is -3.62. The molecule has 3 aromatic rings. The molecule has 2 aromatic carbocycles. The van der Waals surface area contributed by atoms with Crippen LogP contribution in [-0.2, 0) is 0 Å². The molecule has 0 aliphatic heterocycles. The van der Waals surface area contributed by atoms with Gasteiger partial charge in [0, 0.05) is 5.39 Å². The van der Waals surface area contributed by atoms with Crippen LogP contribution in [0.4, 0.5) is 10.1 Å². The van der Waals surface area contributed by atoms with Gasteiger partial charge < -0.3 is 24.3 Å². The van der Waals surface area contributed by atoms with Crippen molar-refractivity contribution in [2.75, 3.05) is 19.8 Å². The van der Waals surface area contributed by atoms with E-state index in [1.807, 2.05) is 20.8 Å². The summed E-state index contributed by atoms with van der Waals surface area (Å²) in [6, 6.07) is 6.89. The fraction of sp³-hybridized carbons (Fsp3) is 0.286. The van der Waals surface area contributed by atoms with Crippen LogP contribution in [0.3, 0.4) is 0 Å². The fourth-order valence-electron chi connectivity index (χ4n) is 2.90. The summed E-state index contributed by atoms with van der Waals surface area (Å²) < 4.78 is 30.3.